The number of carbonyl (C=O) groups is 2. The Morgan fingerprint density at radius 2 is 1.44 bits per heavy atom. The summed E-state index contributed by atoms with van der Waals surface area (Å²) in [4.78, 5) is 64.5. The Balaban J connectivity index is 1.45. The summed E-state index contributed by atoms with van der Waals surface area (Å²) < 4.78 is 80.3. The number of likely N-dealkylation sites (N-methyl/N-ethyl adjacent to an activating group) is 1. The van der Waals surface area contributed by atoms with Crippen LogP contribution in [0.2, 0.25) is 0 Å². The molecule has 0 spiro atoms. The van der Waals surface area contributed by atoms with Crippen LogP contribution >= 0.6 is 8.53 Å². The second kappa shape index (κ2) is 31.8. The van der Waals surface area contributed by atoms with Crippen LogP contribution < -0.4 is 16.1 Å². The number of hydrogen-bond acceptors (Lipinski definition) is 24. The first kappa shape index (κ1) is 67.0. The number of H-pyrrole nitrogens is 1. The van der Waals surface area contributed by atoms with E-state index in [1.54, 1.807) is 24.7 Å². The SMILES string of the molecule is CCN(CCn1cc(C(C)(C)O[Si](OC[C@H]2O[C@@H](n3ccc(=O)[nH]c3=O)[C@H](OC(OCCOC(C)=O)OCCOC(C)=O)[C@@H]2OP(OC)N(C(C)C)C(C)C)(OC(C)C)OC(C)C)nn1)c1ccc(N=Nc2ccc([N+](=O)[O-])cc2)cc1. The average Bonchev–Trinajstić information content (AvgIpc) is 3.54. The van der Waals surface area contributed by atoms with Crippen molar-refractivity contribution in [3.05, 3.63) is 104 Å². The maximum absolute atomic E-state index is 13.7. The molecule has 1 saturated heterocycles. The zero-order valence-corrected chi connectivity index (χ0v) is 50.9. The second-order valence-corrected chi connectivity index (χ2v) is 23.6. The van der Waals surface area contributed by atoms with Crippen molar-refractivity contribution in [3.63, 3.8) is 0 Å². The maximum Gasteiger partial charge on any atom is 0.681 e. The summed E-state index contributed by atoms with van der Waals surface area (Å²) in [6.45, 7) is 22.2. The Morgan fingerprint density at radius 3 is 1.94 bits per heavy atom. The first-order chi connectivity index (χ1) is 38.8. The third-order valence-electron chi connectivity index (χ3n) is 11.8. The fourth-order valence-corrected chi connectivity index (χ4v) is 12.5. The summed E-state index contributed by atoms with van der Waals surface area (Å²) in [5.74, 6) is -1.10. The van der Waals surface area contributed by atoms with Gasteiger partial charge < -0.3 is 60.1 Å². The zero-order chi connectivity index (χ0) is 60.3. The van der Waals surface area contributed by atoms with E-state index in [-0.39, 0.29) is 50.8 Å². The highest BCUT2D eigenvalue weighted by molar-refractivity contribution is 7.44. The van der Waals surface area contributed by atoms with Crippen molar-refractivity contribution in [2.24, 2.45) is 10.2 Å². The summed E-state index contributed by atoms with van der Waals surface area (Å²) in [6, 6.07) is 14.3. The molecule has 0 radical (unpaired) electrons. The van der Waals surface area contributed by atoms with Crippen LogP contribution in [0.1, 0.15) is 102 Å². The van der Waals surface area contributed by atoms with Crippen molar-refractivity contribution in [2.75, 3.05) is 58.1 Å². The van der Waals surface area contributed by atoms with Gasteiger partial charge in [-0.25, -0.2) is 9.46 Å². The Labute approximate surface area is 479 Å². The Kier molecular flexibility index (Phi) is 25.9. The molecule has 454 valence electrons. The van der Waals surface area contributed by atoms with Gasteiger partial charge in [-0.2, -0.15) is 10.2 Å². The van der Waals surface area contributed by atoms with E-state index in [2.05, 4.69) is 30.4 Å². The van der Waals surface area contributed by atoms with Gasteiger partial charge in [0.2, 0.25) is 0 Å². The van der Waals surface area contributed by atoms with Crippen molar-refractivity contribution in [1.82, 2.24) is 29.2 Å². The molecular weight excluding hydrogens is 1110 g/mol. The third kappa shape index (κ3) is 20.2. The van der Waals surface area contributed by atoms with Gasteiger partial charge in [-0.3, -0.25) is 38.7 Å². The molecular formula is C52H79N10O18PSi. The van der Waals surface area contributed by atoms with E-state index in [0.717, 1.165) is 16.3 Å². The van der Waals surface area contributed by atoms with E-state index in [9.17, 15) is 29.3 Å². The number of azo groups is 1. The van der Waals surface area contributed by atoms with E-state index in [1.165, 1.54) is 51.4 Å². The van der Waals surface area contributed by atoms with E-state index in [4.69, 9.17) is 55.2 Å². The van der Waals surface area contributed by atoms with Crippen molar-refractivity contribution >= 4 is 52.3 Å². The highest BCUT2D eigenvalue weighted by Gasteiger charge is 2.57. The Hall–Kier alpha value is -5.79. The maximum atomic E-state index is 13.7. The number of aromatic nitrogens is 5. The monoisotopic (exact) mass is 1190 g/mol. The first-order valence-electron chi connectivity index (χ1n) is 26.9. The highest BCUT2D eigenvalue weighted by Crippen LogP contribution is 2.50. The number of carbonyl (C=O) groups excluding carboxylic acids is 2. The van der Waals surface area contributed by atoms with Gasteiger partial charge in [-0.15, -0.1) is 5.10 Å². The lowest BCUT2D eigenvalue weighted by Crippen LogP contribution is -2.57. The summed E-state index contributed by atoms with van der Waals surface area (Å²) in [6.07, 6.45) is -3.07. The summed E-state index contributed by atoms with van der Waals surface area (Å²) in [7, 11) is -4.81. The third-order valence-corrected chi connectivity index (χ3v) is 16.7. The number of nitrogens with one attached hydrogen (secondary N) is 1. The molecule has 28 nitrogen and oxygen atoms in total. The van der Waals surface area contributed by atoms with E-state index >= 15 is 0 Å². The molecule has 1 fully saturated rings. The van der Waals surface area contributed by atoms with Crippen LogP contribution in [0.3, 0.4) is 0 Å². The van der Waals surface area contributed by atoms with Gasteiger partial charge in [0, 0.05) is 88.4 Å². The van der Waals surface area contributed by atoms with Gasteiger partial charge in [0.25, 0.3) is 26.2 Å². The van der Waals surface area contributed by atoms with Crippen LogP contribution in [0.15, 0.2) is 86.8 Å². The number of non-ortho nitro benzene ring substituents is 1. The van der Waals surface area contributed by atoms with Crippen LogP contribution in [0.4, 0.5) is 22.7 Å². The smallest absolute Gasteiger partial charge is 0.463 e. The Bertz CT molecular complexity index is 2740. The summed E-state index contributed by atoms with van der Waals surface area (Å²) in [5, 5.41) is 28.5. The number of rotatable bonds is 35. The van der Waals surface area contributed by atoms with Crippen molar-refractivity contribution in [3.8, 4) is 0 Å². The molecule has 4 aromatic rings. The first-order valence-corrected chi connectivity index (χ1v) is 29.6. The quantitative estimate of drug-likeness (QED) is 0.00688. The number of esters is 2. The van der Waals surface area contributed by atoms with Crippen LogP contribution in [-0.2, 0) is 76.9 Å². The molecule has 1 aliphatic heterocycles. The predicted molar refractivity (Wildman–Crippen MR) is 300 cm³/mol. The molecule has 5 atom stereocenters. The minimum Gasteiger partial charge on any atom is -0.463 e. The number of nitrogens with zero attached hydrogens (tertiary/aromatic N) is 9. The molecule has 2 aromatic carbocycles. The fourth-order valence-electron chi connectivity index (χ4n) is 8.31. The minimum absolute atomic E-state index is 0.0313. The number of aromatic amines is 1. The van der Waals surface area contributed by atoms with E-state index < -0.39 is 94.5 Å². The Morgan fingerprint density at radius 1 is 0.866 bits per heavy atom. The second-order valence-electron chi connectivity index (χ2n) is 20.1. The number of hydrogen-bond donors (Lipinski definition) is 1. The lowest BCUT2D eigenvalue weighted by molar-refractivity contribution is -0.384. The molecule has 3 heterocycles. The summed E-state index contributed by atoms with van der Waals surface area (Å²) >= 11 is 0. The van der Waals surface area contributed by atoms with Gasteiger partial charge in [0.15, 0.2) is 6.23 Å². The van der Waals surface area contributed by atoms with Gasteiger partial charge in [-0.05, 0) is 113 Å². The number of nitro benzene ring substituents is 1. The van der Waals surface area contributed by atoms with Crippen LogP contribution in [-0.4, -0.2) is 157 Å². The molecule has 0 saturated carbocycles. The number of benzene rings is 2. The molecule has 2 aromatic heterocycles. The van der Waals surface area contributed by atoms with Crippen molar-refractivity contribution < 1.29 is 69.7 Å². The van der Waals surface area contributed by atoms with Gasteiger partial charge in [0.05, 0.1) is 48.9 Å². The standard InChI is InChI=1S/C52H79N10O18PSi/c1-15-58(42-20-16-40(17-21-42)54-55-41-18-22-43(23-19-41)62(67)68)26-27-59-32-45(56-57-59)52(12,13)80-82(78-36(6)7,79-37(8)9)74-33-44-47(77-81(69-14)61(34(2)3)35(4)5)48(49(75-44)60-25-24-46(65)53-50(60)66)76-51(72-30-28-70-38(10)63)73-31-29-71-39(11)64/h16-25,32,34-37,44,47-49,51H,15,26-31,33H2,1-14H3,(H,53,65,66)/t44-,47-,48-,49-,81?/m1/s1. The fraction of sp³-hybridized carbons (Fsp3) is 0.615. The van der Waals surface area contributed by atoms with Gasteiger partial charge >= 0.3 is 26.7 Å². The minimum atomic E-state index is -4.38. The van der Waals surface area contributed by atoms with Gasteiger partial charge in [0.1, 0.15) is 42.8 Å². The normalized spacial score (nSPS) is 17.3. The lowest BCUT2D eigenvalue weighted by Gasteiger charge is -2.39. The summed E-state index contributed by atoms with van der Waals surface area (Å²) in [5.41, 5.74) is -0.351. The number of nitro groups is 1. The van der Waals surface area contributed by atoms with Crippen LogP contribution in [0, 0.1) is 10.1 Å². The molecule has 0 aliphatic carbocycles. The molecule has 1 unspecified atom stereocenters. The topological polar surface area (TPSA) is 305 Å². The molecule has 1 N–H and O–H groups in total. The number of ether oxygens (including phenoxy) is 6. The molecule has 82 heavy (non-hydrogen) atoms. The van der Waals surface area contributed by atoms with Crippen LogP contribution in [0.5, 0.6) is 0 Å². The van der Waals surface area contributed by atoms with Crippen LogP contribution in [0.25, 0.3) is 0 Å². The van der Waals surface area contributed by atoms with Gasteiger partial charge in [-0.1, -0.05) is 5.21 Å². The highest BCUT2D eigenvalue weighted by atomic mass is 31.2. The molecule has 5 rings (SSSR count). The molecule has 0 bridgehead atoms. The predicted octanol–water partition coefficient (Wildman–Crippen LogP) is 7.34. The number of anilines is 1. The molecule has 30 heteroatoms. The largest absolute Gasteiger partial charge is 0.681 e. The van der Waals surface area contributed by atoms with E-state index in [0.29, 0.717) is 36.7 Å². The average molecular weight is 1190 g/mol. The van der Waals surface area contributed by atoms with E-state index in [1.807, 2.05) is 91.2 Å². The zero-order valence-electron chi connectivity index (χ0n) is 49.0. The molecule has 0 amide bonds. The van der Waals surface area contributed by atoms with Crippen molar-refractivity contribution in [2.45, 2.75) is 157 Å². The molecule has 1 aliphatic rings. The van der Waals surface area contributed by atoms with Crippen molar-refractivity contribution in [1.29, 1.82) is 0 Å². The lowest BCUT2D eigenvalue weighted by atomic mass is 10.1.